The van der Waals surface area contributed by atoms with Gasteiger partial charge >= 0.3 is 6.09 Å². The standard InChI is InChI=1S/C15H20N2O2/c18-15(17-12-6-8-16-9-7-12)19-14-10-13(14)11-4-2-1-3-5-11/h1-5,12-14,16H,6-10H2,(H,17,18)/t13-,14+/m0/s1. The molecule has 3 rings (SSSR count). The largest absolute Gasteiger partial charge is 0.446 e. The van der Waals surface area contributed by atoms with Gasteiger partial charge in [0.15, 0.2) is 0 Å². The first-order valence-corrected chi connectivity index (χ1v) is 7.06. The molecule has 2 fully saturated rings. The van der Waals surface area contributed by atoms with Crippen LogP contribution in [0.1, 0.15) is 30.7 Å². The number of carbonyl (C=O) groups excluding carboxylic acids is 1. The fourth-order valence-corrected chi connectivity index (χ4v) is 2.66. The van der Waals surface area contributed by atoms with Gasteiger partial charge in [0.2, 0.25) is 0 Å². The highest BCUT2D eigenvalue weighted by atomic mass is 16.6. The summed E-state index contributed by atoms with van der Waals surface area (Å²) in [6.07, 6.45) is 2.73. The monoisotopic (exact) mass is 260 g/mol. The minimum Gasteiger partial charge on any atom is -0.446 e. The number of amides is 1. The first-order chi connectivity index (χ1) is 9.33. The molecule has 0 radical (unpaired) electrons. The highest BCUT2D eigenvalue weighted by molar-refractivity contribution is 5.68. The molecule has 1 heterocycles. The van der Waals surface area contributed by atoms with Crippen molar-refractivity contribution < 1.29 is 9.53 Å². The molecule has 102 valence electrons. The van der Waals surface area contributed by atoms with Crippen LogP contribution in [0.15, 0.2) is 30.3 Å². The molecule has 1 saturated carbocycles. The normalized spacial score (nSPS) is 26.7. The zero-order chi connectivity index (χ0) is 13.1. The lowest BCUT2D eigenvalue weighted by Crippen LogP contribution is -2.43. The average molecular weight is 260 g/mol. The molecule has 4 heteroatoms. The van der Waals surface area contributed by atoms with E-state index in [9.17, 15) is 4.79 Å². The zero-order valence-electron chi connectivity index (χ0n) is 11.0. The molecular formula is C15H20N2O2. The lowest BCUT2D eigenvalue weighted by Gasteiger charge is -2.23. The molecule has 2 N–H and O–H groups in total. The molecule has 0 unspecified atom stereocenters. The number of hydrogen-bond donors (Lipinski definition) is 2. The number of alkyl carbamates (subject to hydrolysis) is 1. The second-order valence-corrected chi connectivity index (χ2v) is 5.37. The average Bonchev–Trinajstić information content (AvgIpc) is 3.20. The molecule has 1 saturated heterocycles. The quantitative estimate of drug-likeness (QED) is 0.874. The summed E-state index contributed by atoms with van der Waals surface area (Å²) < 4.78 is 5.46. The van der Waals surface area contributed by atoms with Crippen LogP contribution in [-0.2, 0) is 4.74 Å². The summed E-state index contributed by atoms with van der Waals surface area (Å²) in [5.41, 5.74) is 1.27. The van der Waals surface area contributed by atoms with Crippen molar-refractivity contribution in [2.75, 3.05) is 13.1 Å². The molecule has 2 aliphatic rings. The van der Waals surface area contributed by atoms with Gasteiger partial charge in [0.1, 0.15) is 6.10 Å². The predicted molar refractivity (Wildman–Crippen MR) is 73.1 cm³/mol. The summed E-state index contributed by atoms with van der Waals surface area (Å²) >= 11 is 0. The van der Waals surface area contributed by atoms with E-state index < -0.39 is 0 Å². The van der Waals surface area contributed by atoms with E-state index in [1.807, 2.05) is 18.2 Å². The van der Waals surface area contributed by atoms with Crippen LogP contribution in [0.2, 0.25) is 0 Å². The molecule has 1 aromatic carbocycles. The van der Waals surface area contributed by atoms with Crippen molar-refractivity contribution >= 4 is 6.09 Å². The summed E-state index contributed by atoms with van der Waals surface area (Å²) in [6, 6.07) is 10.5. The van der Waals surface area contributed by atoms with Gasteiger partial charge in [0.25, 0.3) is 0 Å². The van der Waals surface area contributed by atoms with Crippen LogP contribution in [0.4, 0.5) is 4.79 Å². The van der Waals surface area contributed by atoms with Crippen molar-refractivity contribution in [1.82, 2.24) is 10.6 Å². The van der Waals surface area contributed by atoms with Gasteiger partial charge in [-0.1, -0.05) is 30.3 Å². The predicted octanol–water partition coefficient (Wildman–Crippen LogP) is 2.02. The Morgan fingerprint density at radius 1 is 1.21 bits per heavy atom. The Hall–Kier alpha value is -1.55. The Balaban J connectivity index is 1.44. The molecule has 1 aromatic rings. The van der Waals surface area contributed by atoms with E-state index in [1.165, 1.54) is 5.56 Å². The van der Waals surface area contributed by atoms with Crippen molar-refractivity contribution in [3.05, 3.63) is 35.9 Å². The number of carbonyl (C=O) groups is 1. The minimum atomic E-state index is -0.254. The fraction of sp³-hybridized carbons (Fsp3) is 0.533. The molecule has 1 aliphatic carbocycles. The summed E-state index contributed by atoms with van der Waals surface area (Å²) in [4.78, 5) is 11.8. The zero-order valence-corrected chi connectivity index (χ0v) is 11.0. The highest BCUT2D eigenvalue weighted by Crippen LogP contribution is 2.43. The maximum Gasteiger partial charge on any atom is 0.407 e. The van der Waals surface area contributed by atoms with E-state index in [-0.39, 0.29) is 18.2 Å². The van der Waals surface area contributed by atoms with E-state index >= 15 is 0 Å². The fourth-order valence-electron chi connectivity index (χ4n) is 2.66. The van der Waals surface area contributed by atoms with E-state index in [1.54, 1.807) is 0 Å². The van der Waals surface area contributed by atoms with Gasteiger partial charge in [-0.05, 0) is 37.9 Å². The van der Waals surface area contributed by atoms with E-state index in [0.717, 1.165) is 32.4 Å². The molecule has 0 aromatic heterocycles. The summed E-state index contributed by atoms with van der Waals surface area (Å²) in [6.45, 7) is 1.95. The first-order valence-electron chi connectivity index (χ1n) is 7.06. The minimum absolute atomic E-state index is 0.0594. The SMILES string of the molecule is O=C(NC1CCNCC1)O[C@@H]1C[C@H]1c1ccccc1. The van der Waals surface area contributed by atoms with E-state index in [0.29, 0.717) is 5.92 Å². The van der Waals surface area contributed by atoms with Gasteiger partial charge in [0, 0.05) is 12.0 Å². The van der Waals surface area contributed by atoms with Crippen LogP contribution in [-0.4, -0.2) is 31.3 Å². The van der Waals surface area contributed by atoms with Gasteiger partial charge in [0.05, 0.1) is 0 Å². The summed E-state index contributed by atoms with van der Waals surface area (Å²) in [7, 11) is 0. The van der Waals surface area contributed by atoms with Gasteiger partial charge < -0.3 is 15.4 Å². The number of benzene rings is 1. The van der Waals surface area contributed by atoms with Gasteiger partial charge in [-0.25, -0.2) is 4.79 Å². The molecular weight excluding hydrogens is 240 g/mol. The topological polar surface area (TPSA) is 50.4 Å². The second kappa shape index (κ2) is 5.61. The lowest BCUT2D eigenvalue weighted by molar-refractivity contribution is 0.131. The number of rotatable bonds is 3. The number of piperidine rings is 1. The van der Waals surface area contributed by atoms with Crippen molar-refractivity contribution in [1.29, 1.82) is 0 Å². The van der Waals surface area contributed by atoms with Crippen LogP contribution >= 0.6 is 0 Å². The van der Waals surface area contributed by atoms with Crippen molar-refractivity contribution in [2.24, 2.45) is 0 Å². The molecule has 0 spiro atoms. The van der Waals surface area contributed by atoms with Gasteiger partial charge in [-0.3, -0.25) is 0 Å². The highest BCUT2D eigenvalue weighted by Gasteiger charge is 2.42. The molecule has 19 heavy (non-hydrogen) atoms. The molecule has 4 nitrogen and oxygen atoms in total. The molecule has 0 bridgehead atoms. The Kier molecular flexibility index (Phi) is 3.69. The van der Waals surface area contributed by atoms with Crippen LogP contribution in [0.25, 0.3) is 0 Å². The molecule has 2 atom stereocenters. The Labute approximate surface area is 113 Å². The Bertz CT molecular complexity index is 429. The Morgan fingerprint density at radius 2 is 1.95 bits per heavy atom. The molecule has 1 aliphatic heterocycles. The number of ether oxygens (including phenoxy) is 1. The first kappa shape index (κ1) is 12.5. The van der Waals surface area contributed by atoms with Crippen LogP contribution in [0.5, 0.6) is 0 Å². The smallest absolute Gasteiger partial charge is 0.407 e. The van der Waals surface area contributed by atoms with Gasteiger partial charge in [-0.2, -0.15) is 0 Å². The van der Waals surface area contributed by atoms with Crippen molar-refractivity contribution in [3.8, 4) is 0 Å². The maximum absolute atomic E-state index is 11.8. The Morgan fingerprint density at radius 3 is 2.68 bits per heavy atom. The number of hydrogen-bond acceptors (Lipinski definition) is 3. The third kappa shape index (κ3) is 3.26. The van der Waals surface area contributed by atoms with E-state index in [4.69, 9.17) is 4.74 Å². The third-order valence-electron chi connectivity index (χ3n) is 3.88. The van der Waals surface area contributed by atoms with Crippen LogP contribution in [0.3, 0.4) is 0 Å². The van der Waals surface area contributed by atoms with Crippen LogP contribution < -0.4 is 10.6 Å². The van der Waals surface area contributed by atoms with Gasteiger partial charge in [-0.15, -0.1) is 0 Å². The van der Waals surface area contributed by atoms with Crippen LogP contribution in [0, 0.1) is 0 Å². The van der Waals surface area contributed by atoms with Crippen molar-refractivity contribution in [3.63, 3.8) is 0 Å². The second-order valence-electron chi connectivity index (χ2n) is 5.37. The number of nitrogens with one attached hydrogen (secondary N) is 2. The maximum atomic E-state index is 11.8. The summed E-state index contributed by atoms with van der Waals surface area (Å²) in [5.74, 6) is 0.389. The van der Waals surface area contributed by atoms with Crippen molar-refractivity contribution in [2.45, 2.75) is 37.3 Å². The molecule has 1 amide bonds. The summed E-state index contributed by atoms with van der Waals surface area (Å²) in [5, 5.41) is 6.24. The van der Waals surface area contributed by atoms with E-state index in [2.05, 4.69) is 22.8 Å². The lowest BCUT2D eigenvalue weighted by atomic mass is 10.1. The third-order valence-corrected chi connectivity index (χ3v) is 3.88.